The minimum Gasteiger partial charge on any atom is -0.392 e. The lowest BCUT2D eigenvalue weighted by Gasteiger charge is -2.37. The third-order valence-corrected chi connectivity index (χ3v) is 6.09. The van der Waals surface area contributed by atoms with Gasteiger partial charge in [-0.25, -0.2) is 0 Å². The fourth-order valence-electron chi connectivity index (χ4n) is 4.13. The quantitative estimate of drug-likeness (QED) is 0.376. The largest absolute Gasteiger partial charge is 0.392 e. The molecule has 5 nitrogen and oxygen atoms in total. The predicted octanol–water partition coefficient (Wildman–Crippen LogP) is 3.01. The van der Waals surface area contributed by atoms with Crippen molar-refractivity contribution in [3.8, 4) is 0 Å². The van der Waals surface area contributed by atoms with Gasteiger partial charge in [-0.15, -0.1) is 0 Å². The van der Waals surface area contributed by atoms with Crippen LogP contribution < -0.4 is 0 Å². The first-order chi connectivity index (χ1) is 12.6. The van der Waals surface area contributed by atoms with E-state index in [4.69, 9.17) is 4.74 Å². The van der Waals surface area contributed by atoms with Gasteiger partial charge in [-0.05, 0) is 43.4 Å². The zero-order valence-electron chi connectivity index (χ0n) is 14.9. The third-order valence-electron chi connectivity index (χ3n) is 5.51. The van der Waals surface area contributed by atoms with Gasteiger partial charge in [0.25, 0.3) is 0 Å². The van der Waals surface area contributed by atoms with Crippen LogP contribution in [0.4, 0.5) is 0 Å². The van der Waals surface area contributed by atoms with Crippen LogP contribution in [0.5, 0.6) is 0 Å². The number of β-amino-alcohol motifs (C(OH)–C–C–N with tert-alkyl or cyclic N) is 1. The normalized spacial score (nSPS) is 26.8. The maximum absolute atomic E-state index is 11.5. The van der Waals surface area contributed by atoms with Crippen LogP contribution in [-0.4, -0.2) is 58.0 Å². The number of aliphatic hydroxyl groups is 1. The Hall–Kier alpha value is -0.830. The smallest absolute Gasteiger partial charge is 0.223 e. The monoisotopic (exact) mass is 471 g/mol. The highest BCUT2D eigenvalue weighted by Crippen LogP contribution is 2.28. The molecule has 1 aromatic rings. The molecule has 1 saturated carbocycles. The summed E-state index contributed by atoms with van der Waals surface area (Å²) in [6.45, 7) is 2.33. The molecule has 2 aliphatic rings. The van der Waals surface area contributed by atoms with Crippen molar-refractivity contribution in [2.45, 2.75) is 56.8 Å². The lowest BCUT2D eigenvalue weighted by molar-refractivity contribution is -0.0316. The maximum atomic E-state index is 11.5. The molecule has 0 bridgehead atoms. The van der Waals surface area contributed by atoms with Gasteiger partial charge in [0.05, 0.1) is 18.8 Å². The molecule has 2 fully saturated rings. The van der Waals surface area contributed by atoms with Crippen molar-refractivity contribution in [2.24, 2.45) is 0 Å². The molecule has 0 spiro atoms. The summed E-state index contributed by atoms with van der Waals surface area (Å²) in [5.41, 5.74) is 1.92. The molecule has 1 heterocycles. The van der Waals surface area contributed by atoms with Crippen molar-refractivity contribution in [3.05, 3.63) is 34.9 Å². The molecule has 1 saturated heterocycles. The molecule has 1 aliphatic carbocycles. The topological polar surface area (TPSA) is 66.8 Å². The molecule has 1 unspecified atom stereocenters. The van der Waals surface area contributed by atoms with E-state index in [-0.39, 0.29) is 16.0 Å². The molecule has 3 atom stereocenters. The van der Waals surface area contributed by atoms with Gasteiger partial charge in [-0.1, -0.05) is 18.9 Å². The number of carbonyl (C=O) groups excluding carboxylic acids is 2. The van der Waals surface area contributed by atoms with Gasteiger partial charge in [0.1, 0.15) is 0 Å². The third kappa shape index (κ3) is 4.91. The summed E-state index contributed by atoms with van der Waals surface area (Å²) < 4.78 is 6.10. The second-order valence-corrected chi connectivity index (χ2v) is 8.24. The zero-order chi connectivity index (χ0) is 18.5. The molecule has 1 aromatic carbocycles. The highest BCUT2D eigenvalue weighted by Gasteiger charge is 2.34. The summed E-state index contributed by atoms with van der Waals surface area (Å²) >= 11 is 1.70. The number of aldehydes is 1. The number of aliphatic hydroxyl groups excluding tert-OH is 1. The highest BCUT2D eigenvalue weighted by molar-refractivity contribution is 14.1. The van der Waals surface area contributed by atoms with Crippen molar-refractivity contribution in [1.82, 2.24) is 4.90 Å². The Bertz CT molecular complexity index is 651. The van der Waals surface area contributed by atoms with Crippen LogP contribution in [0.3, 0.4) is 0 Å². The van der Waals surface area contributed by atoms with Gasteiger partial charge in [0.2, 0.25) is 3.79 Å². The number of halogens is 1. The first kappa shape index (κ1) is 19.9. The van der Waals surface area contributed by atoms with E-state index in [1.54, 1.807) is 34.7 Å². The molecular weight excluding hydrogens is 445 g/mol. The molecular formula is C20H26INO4. The van der Waals surface area contributed by atoms with Gasteiger partial charge in [-0.2, -0.15) is 0 Å². The summed E-state index contributed by atoms with van der Waals surface area (Å²) in [5.74, 6) is 0. The van der Waals surface area contributed by atoms with Crippen molar-refractivity contribution >= 4 is 32.7 Å². The van der Waals surface area contributed by atoms with Gasteiger partial charge in [0.15, 0.2) is 6.29 Å². The van der Waals surface area contributed by atoms with E-state index in [0.717, 1.165) is 50.6 Å². The van der Waals surface area contributed by atoms with Crippen LogP contribution >= 0.6 is 22.6 Å². The van der Waals surface area contributed by atoms with Crippen LogP contribution in [0.25, 0.3) is 0 Å². The van der Waals surface area contributed by atoms with Crippen molar-refractivity contribution in [2.75, 3.05) is 19.7 Å². The maximum Gasteiger partial charge on any atom is 0.223 e. The highest BCUT2D eigenvalue weighted by atomic mass is 127. The Kier molecular flexibility index (Phi) is 7.19. The van der Waals surface area contributed by atoms with Crippen LogP contribution in [0.1, 0.15) is 58.4 Å². The average molecular weight is 471 g/mol. The fourth-order valence-corrected chi connectivity index (χ4v) is 4.62. The van der Waals surface area contributed by atoms with E-state index in [0.29, 0.717) is 23.8 Å². The molecule has 142 valence electrons. The van der Waals surface area contributed by atoms with E-state index in [2.05, 4.69) is 4.90 Å². The van der Waals surface area contributed by atoms with E-state index < -0.39 is 0 Å². The Morgan fingerprint density at radius 1 is 1.31 bits per heavy atom. The molecule has 6 heteroatoms. The van der Waals surface area contributed by atoms with Crippen molar-refractivity contribution in [3.63, 3.8) is 0 Å². The van der Waals surface area contributed by atoms with Crippen LogP contribution in [0, 0.1) is 0 Å². The summed E-state index contributed by atoms with van der Waals surface area (Å²) in [4.78, 5) is 25.1. The Labute approximate surface area is 168 Å². The summed E-state index contributed by atoms with van der Waals surface area (Å²) in [6.07, 6.45) is 6.98. The van der Waals surface area contributed by atoms with Crippen LogP contribution in [0.15, 0.2) is 18.2 Å². The molecule has 26 heavy (non-hydrogen) atoms. The molecule has 0 radical (unpaired) electrons. The number of hydrogen-bond acceptors (Lipinski definition) is 5. The number of likely N-dealkylation sites (tertiary alicyclic amines) is 1. The first-order valence-electron chi connectivity index (χ1n) is 9.40. The van der Waals surface area contributed by atoms with Gasteiger partial charge in [-0.3, -0.25) is 14.5 Å². The van der Waals surface area contributed by atoms with Crippen molar-refractivity contribution < 1.29 is 19.4 Å². The Balaban J connectivity index is 1.56. The number of hydrogen-bond donors (Lipinski definition) is 1. The number of rotatable bonds is 7. The SMILES string of the molecule is O=Cc1cc(CCO[C@H]2CCCCC2N2CC[C@H](O)C2)ccc1C(=O)I. The van der Waals surface area contributed by atoms with Gasteiger partial charge < -0.3 is 9.84 Å². The summed E-state index contributed by atoms with van der Waals surface area (Å²) in [6, 6.07) is 5.82. The Morgan fingerprint density at radius 2 is 2.12 bits per heavy atom. The fraction of sp³-hybridized carbons (Fsp3) is 0.600. The predicted molar refractivity (Wildman–Crippen MR) is 108 cm³/mol. The second-order valence-electron chi connectivity index (χ2n) is 7.26. The van der Waals surface area contributed by atoms with E-state index in [9.17, 15) is 14.7 Å². The van der Waals surface area contributed by atoms with Crippen molar-refractivity contribution in [1.29, 1.82) is 0 Å². The summed E-state index contributed by atoms with van der Waals surface area (Å²) in [7, 11) is 0. The molecule has 0 aromatic heterocycles. The molecule has 1 aliphatic heterocycles. The van der Waals surface area contributed by atoms with Gasteiger partial charge >= 0.3 is 0 Å². The van der Waals surface area contributed by atoms with E-state index in [1.165, 1.54) is 12.8 Å². The Morgan fingerprint density at radius 3 is 2.81 bits per heavy atom. The van der Waals surface area contributed by atoms with Crippen LogP contribution in [0.2, 0.25) is 0 Å². The zero-order valence-corrected chi connectivity index (χ0v) is 17.1. The number of nitrogens with zero attached hydrogens (tertiary/aromatic N) is 1. The number of benzene rings is 1. The van der Waals surface area contributed by atoms with Gasteiger partial charge in [0, 0.05) is 52.8 Å². The lowest BCUT2D eigenvalue weighted by Crippen LogP contribution is -2.46. The summed E-state index contributed by atoms with van der Waals surface area (Å²) in [5, 5.41) is 9.82. The number of carbonyl (C=O) groups is 2. The minimum absolute atomic E-state index is 0.120. The standard InChI is InChI=1S/C20H26INO4/c21-20(25)17-6-5-14(11-15(17)13-23)8-10-26-19-4-2-1-3-18(19)22-9-7-16(24)12-22/h5-6,11,13,16,18-19,24H,1-4,7-10,12H2/t16-,18?,19-/m0/s1. The molecule has 1 N–H and O–H groups in total. The first-order valence-corrected chi connectivity index (χ1v) is 10.5. The number of ether oxygens (including phenoxy) is 1. The van der Waals surface area contributed by atoms with E-state index >= 15 is 0 Å². The average Bonchev–Trinajstić information content (AvgIpc) is 3.08. The van der Waals surface area contributed by atoms with Crippen LogP contribution in [-0.2, 0) is 11.2 Å². The molecule has 3 rings (SSSR count). The minimum atomic E-state index is -0.196. The molecule has 0 amide bonds. The second kappa shape index (κ2) is 9.39. The lowest BCUT2D eigenvalue weighted by atomic mass is 9.91. The van der Waals surface area contributed by atoms with E-state index in [1.807, 2.05) is 6.07 Å².